The number of rotatable bonds is 4. The first kappa shape index (κ1) is 15.8. The summed E-state index contributed by atoms with van der Waals surface area (Å²) in [6, 6.07) is 3.83. The number of hydrogen-bond acceptors (Lipinski definition) is 2. The highest BCUT2D eigenvalue weighted by Gasteiger charge is 2.32. The van der Waals surface area contributed by atoms with Crippen LogP contribution in [0.15, 0.2) is 18.2 Å². The predicted molar refractivity (Wildman–Crippen MR) is 78.2 cm³/mol. The molecule has 0 aromatic heterocycles. The molecular weight excluding hydrogens is 295 g/mol. The first-order valence-corrected chi connectivity index (χ1v) is 7.26. The topological polar surface area (TPSA) is 49.4 Å². The Morgan fingerprint density at radius 1 is 1.43 bits per heavy atom. The lowest BCUT2D eigenvalue weighted by molar-refractivity contribution is -0.145. The van der Waals surface area contributed by atoms with Crippen LogP contribution in [0.4, 0.5) is 4.39 Å². The summed E-state index contributed by atoms with van der Waals surface area (Å²) in [5.74, 6) is -0.475. The second-order valence-electron chi connectivity index (χ2n) is 5.69. The van der Waals surface area contributed by atoms with Gasteiger partial charge in [0.2, 0.25) is 11.8 Å². The van der Waals surface area contributed by atoms with Gasteiger partial charge in [-0.2, -0.15) is 0 Å². The second kappa shape index (κ2) is 6.43. The molecule has 1 aromatic rings. The van der Waals surface area contributed by atoms with Crippen molar-refractivity contribution in [1.29, 1.82) is 0 Å². The average molecular weight is 313 g/mol. The van der Waals surface area contributed by atoms with Crippen molar-refractivity contribution >= 4 is 23.4 Å². The van der Waals surface area contributed by atoms with E-state index in [9.17, 15) is 14.0 Å². The zero-order valence-electron chi connectivity index (χ0n) is 12.0. The van der Waals surface area contributed by atoms with Crippen LogP contribution in [0, 0.1) is 11.7 Å². The molecule has 0 spiro atoms. The van der Waals surface area contributed by atoms with E-state index in [-0.39, 0.29) is 29.9 Å². The monoisotopic (exact) mass is 312 g/mol. The molecule has 114 valence electrons. The average Bonchev–Trinajstić information content (AvgIpc) is 2.39. The molecule has 1 fully saturated rings. The highest BCUT2D eigenvalue weighted by Crippen LogP contribution is 2.19. The van der Waals surface area contributed by atoms with Crippen molar-refractivity contribution in [3.63, 3.8) is 0 Å². The van der Waals surface area contributed by atoms with E-state index < -0.39 is 11.9 Å². The molecule has 1 aromatic carbocycles. The van der Waals surface area contributed by atoms with E-state index in [2.05, 4.69) is 5.32 Å². The molecule has 0 aliphatic carbocycles. The fourth-order valence-corrected chi connectivity index (χ4v) is 2.60. The molecule has 1 aliphatic heterocycles. The molecular formula is C15H18ClFN2O2. The van der Waals surface area contributed by atoms with Crippen LogP contribution in [0.3, 0.4) is 0 Å². The summed E-state index contributed by atoms with van der Waals surface area (Å²) in [5.41, 5.74) is 0.702. The lowest BCUT2D eigenvalue weighted by Crippen LogP contribution is -2.57. The zero-order chi connectivity index (χ0) is 15.6. The molecule has 4 nitrogen and oxygen atoms in total. The SMILES string of the molecule is CC(C)CC1NC(=O)CN(Cc2ccc(F)c(Cl)c2)C1=O. The maximum Gasteiger partial charge on any atom is 0.245 e. The molecule has 1 unspecified atom stereocenters. The van der Waals surface area contributed by atoms with Crippen molar-refractivity contribution < 1.29 is 14.0 Å². The Morgan fingerprint density at radius 2 is 2.14 bits per heavy atom. The van der Waals surface area contributed by atoms with Crippen molar-refractivity contribution in [3.8, 4) is 0 Å². The Morgan fingerprint density at radius 3 is 2.76 bits per heavy atom. The fraction of sp³-hybridized carbons (Fsp3) is 0.467. The summed E-state index contributed by atoms with van der Waals surface area (Å²) in [6.07, 6.45) is 0.602. The first-order chi connectivity index (χ1) is 9.86. The number of hydrogen-bond donors (Lipinski definition) is 1. The molecule has 1 aliphatic rings. The van der Waals surface area contributed by atoms with Crippen LogP contribution in [-0.4, -0.2) is 29.3 Å². The number of nitrogens with zero attached hydrogens (tertiary/aromatic N) is 1. The maximum atomic E-state index is 13.1. The third-order valence-electron chi connectivity index (χ3n) is 3.34. The summed E-state index contributed by atoms with van der Waals surface area (Å²) in [6.45, 7) is 4.26. The number of carbonyl (C=O) groups is 2. The number of nitrogens with one attached hydrogen (secondary N) is 1. The van der Waals surface area contributed by atoms with Gasteiger partial charge in [0.1, 0.15) is 11.9 Å². The van der Waals surface area contributed by atoms with Crippen LogP contribution in [-0.2, 0) is 16.1 Å². The Bertz CT molecular complexity index is 563. The van der Waals surface area contributed by atoms with Gasteiger partial charge in [0, 0.05) is 6.54 Å². The van der Waals surface area contributed by atoms with Crippen molar-refractivity contribution in [2.45, 2.75) is 32.9 Å². The van der Waals surface area contributed by atoms with Gasteiger partial charge in [-0.1, -0.05) is 31.5 Å². The first-order valence-electron chi connectivity index (χ1n) is 6.89. The molecule has 0 radical (unpaired) electrons. The van der Waals surface area contributed by atoms with E-state index in [0.29, 0.717) is 17.9 Å². The van der Waals surface area contributed by atoms with Crippen LogP contribution in [0.1, 0.15) is 25.8 Å². The normalized spacial score (nSPS) is 19.1. The third kappa shape index (κ3) is 3.94. The summed E-state index contributed by atoms with van der Waals surface area (Å²) >= 11 is 5.74. The molecule has 2 rings (SSSR count). The van der Waals surface area contributed by atoms with E-state index >= 15 is 0 Å². The Labute approximate surface area is 128 Å². The third-order valence-corrected chi connectivity index (χ3v) is 3.63. The fourth-order valence-electron chi connectivity index (χ4n) is 2.40. The molecule has 1 saturated heterocycles. The predicted octanol–water partition coefficient (Wildman–Crippen LogP) is 2.35. The second-order valence-corrected chi connectivity index (χ2v) is 6.10. The molecule has 21 heavy (non-hydrogen) atoms. The smallest absolute Gasteiger partial charge is 0.245 e. The van der Waals surface area contributed by atoms with Gasteiger partial charge in [-0.25, -0.2) is 4.39 Å². The minimum Gasteiger partial charge on any atom is -0.343 e. The number of benzene rings is 1. The lowest BCUT2D eigenvalue weighted by Gasteiger charge is -2.33. The van der Waals surface area contributed by atoms with Gasteiger partial charge in [0.15, 0.2) is 0 Å². The van der Waals surface area contributed by atoms with Gasteiger partial charge >= 0.3 is 0 Å². The molecule has 0 bridgehead atoms. The molecule has 1 heterocycles. The largest absolute Gasteiger partial charge is 0.343 e. The Balaban J connectivity index is 2.12. The van der Waals surface area contributed by atoms with Gasteiger partial charge in [-0.05, 0) is 30.0 Å². The van der Waals surface area contributed by atoms with Crippen LogP contribution in [0.2, 0.25) is 5.02 Å². The molecule has 0 saturated carbocycles. The van der Waals surface area contributed by atoms with Gasteiger partial charge in [-0.3, -0.25) is 9.59 Å². The van der Waals surface area contributed by atoms with Gasteiger partial charge < -0.3 is 10.2 Å². The standard InChI is InChI=1S/C15H18ClFN2O2/c1-9(2)5-13-15(21)19(8-14(20)18-13)7-10-3-4-12(17)11(16)6-10/h3-4,6,9,13H,5,7-8H2,1-2H3,(H,18,20). The van der Waals surface area contributed by atoms with E-state index in [4.69, 9.17) is 11.6 Å². The molecule has 1 N–H and O–H groups in total. The number of piperazine rings is 1. The summed E-state index contributed by atoms with van der Waals surface area (Å²) in [5, 5.41) is 2.73. The van der Waals surface area contributed by atoms with Crippen LogP contribution >= 0.6 is 11.6 Å². The maximum absolute atomic E-state index is 13.1. The number of amides is 2. The molecule has 1 atom stereocenters. The molecule has 6 heteroatoms. The zero-order valence-corrected chi connectivity index (χ0v) is 12.8. The van der Waals surface area contributed by atoms with E-state index in [1.807, 2.05) is 13.8 Å². The van der Waals surface area contributed by atoms with E-state index in [1.165, 1.54) is 17.0 Å². The Kier molecular flexibility index (Phi) is 4.83. The summed E-state index contributed by atoms with van der Waals surface area (Å²) < 4.78 is 13.1. The van der Waals surface area contributed by atoms with Crippen molar-refractivity contribution in [2.75, 3.05) is 6.54 Å². The molecule has 2 amide bonds. The summed E-state index contributed by atoms with van der Waals surface area (Å²) in [7, 11) is 0. The Hall–Kier alpha value is -1.62. The number of carbonyl (C=O) groups excluding carboxylic acids is 2. The van der Waals surface area contributed by atoms with E-state index in [1.54, 1.807) is 6.07 Å². The summed E-state index contributed by atoms with van der Waals surface area (Å²) in [4.78, 5) is 25.6. The van der Waals surface area contributed by atoms with Crippen LogP contribution < -0.4 is 5.32 Å². The van der Waals surface area contributed by atoms with Gasteiger partial charge in [0.05, 0.1) is 11.6 Å². The minimum absolute atomic E-state index is 0.0140. The quantitative estimate of drug-likeness (QED) is 0.928. The van der Waals surface area contributed by atoms with Crippen molar-refractivity contribution in [2.24, 2.45) is 5.92 Å². The van der Waals surface area contributed by atoms with Crippen LogP contribution in [0.5, 0.6) is 0 Å². The number of halogens is 2. The highest BCUT2D eigenvalue weighted by molar-refractivity contribution is 6.30. The van der Waals surface area contributed by atoms with E-state index in [0.717, 1.165) is 0 Å². The van der Waals surface area contributed by atoms with Gasteiger partial charge in [0.25, 0.3) is 0 Å². The van der Waals surface area contributed by atoms with Crippen molar-refractivity contribution in [1.82, 2.24) is 10.2 Å². The minimum atomic E-state index is -0.499. The lowest BCUT2D eigenvalue weighted by atomic mass is 10.0. The van der Waals surface area contributed by atoms with Crippen molar-refractivity contribution in [3.05, 3.63) is 34.6 Å². The highest BCUT2D eigenvalue weighted by atomic mass is 35.5. The van der Waals surface area contributed by atoms with Crippen LogP contribution in [0.25, 0.3) is 0 Å². The van der Waals surface area contributed by atoms with Gasteiger partial charge in [-0.15, -0.1) is 0 Å².